The molecule has 0 fully saturated rings. The van der Waals surface area contributed by atoms with Gasteiger partial charge in [-0.1, -0.05) is 11.6 Å². The lowest BCUT2D eigenvalue weighted by Crippen LogP contribution is -2.34. The maximum atomic E-state index is 6.37. The lowest BCUT2D eigenvalue weighted by molar-refractivity contribution is 0.414. The Kier molecular flexibility index (Phi) is 7.36. The second kappa shape index (κ2) is 9.31. The Hall–Kier alpha value is -1.95. The average molecular weight is 389 g/mol. The zero-order valence-electron chi connectivity index (χ0n) is 17.3. The van der Waals surface area contributed by atoms with Gasteiger partial charge >= 0.3 is 0 Å². The van der Waals surface area contributed by atoms with Crippen LogP contribution in [-0.4, -0.2) is 59.8 Å². The SMILES string of the molecule is CCN(CCN(C)C)c1ccc(N=Nc2ccc([N+](C)(C)C)cc2Cl)cc1. The van der Waals surface area contributed by atoms with Gasteiger partial charge in [-0.25, -0.2) is 0 Å². The summed E-state index contributed by atoms with van der Waals surface area (Å²) in [5.41, 5.74) is 3.82. The van der Waals surface area contributed by atoms with Crippen LogP contribution in [0.1, 0.15) is 6.92 Å². The normalized spacial score (nSPS) is 12.1. The number of hydrogen-bond donors (Lipinski definition) is 0. The predicted octanol–water partition coefficient (Wildman–Crippen LogP) is 5.34. The number of halogens is 1. The van der Waals surface area contributed by atoms with E-state index >= 15 is 0 Å². The van der Waals surface area contributed by atoms with Gasteiger partial charge < -0.3 is 9.80 Å². The number of hydrogen-bond acceptors (Lipinski definition) is 4. The molecule has 0 saturated carbocycles. The molecule has 2 aromatic rings. The Morgan fingerprint density at radius 1 is 0.926 bits per heavy atom. The van der Waals surface area contributed by atoms with Crippen LogP contribution >= 0.6 is 11.6 Å². The van der Waals surface area contributed by atoms with Gasteiger partial charge in [-0.2, -0.15) is 5.11 Å². The molecule has 0 aliphatic carbocycles. The van der Waals surface area contributed by atoms with E-state index in [0.29, 0.717) is 15.2 Å². The van der Waals surface area contributed by atoms with Gasteiger partial charge in [0.2, 0.25) is 0 Å². The first-order chi connectivity index (χ1) is 12.7. The molecule has 0 unspecified atom stereocenters. The number of azo groups is 1. The first-order valence-electron chi connectivity index (χ1n) is 9.23. The van der Waals surface area contributed by atoms with Gasteiger partial charge in [-0.3, -0.25) is 4.48 Å². The van der Waals surface area contributed by atoms with Crippen LogP contribution in [0.5, 0.6) is 0 Å². The van der Waals surface area contributed by atoms with Crippen molar-refractivity contribution in [1.29, 1.82) is 0 Å². The zero-order valence-corrected chi connectivity index (χ0v) is 18.0. The number of likely N-dealkylation sites (N-methyl/N-ethyl adjacent to an activating group) is 2. The Morgan fingerprint density at radius 3 is 2.11 bits per heavy atom. The molecule has 5 nitrogen and oxygen atoms in total. The van der Waals surface area contributed by atoms with Crippen LogP contribution in [0.4, 0.5) is 22.7 Å². The lowest BCUT2D eigenvalue weighted by atomic mass is 10.2. The van der Waals surface area contributed by atoms with Gasteiger partial charge in [0.15, 0.2) is 0 Å². The third kappa shape index (κ3) is 6.31. The van der Waals surface area contributed by atoms with Crippen molar-refractivity contribution < 1.29 is 0 Å². The first-order valence-corrected chi connectivity index (χ1v) is 9.61. The van der Waals surface area contributed by atoms with Crippen molar-refractivity contribution in [3.63, 3.8) is 0 Å². The summed E-state index contributed by atoms with van der Waals surface area (Å²) in [6, 6.07) is 14.1. The molecule has 2 rings (SSSR count). The van der Waals surface area contributed by atoms with Crippen LogP contribution in [0.15, 0.2) is 52.7 Å². The van der Waals surface area contributed by atoms with E-state index in [1.807, 2.05) is 30.3 Å². The van der Waals surface area contributed by atoms with Gasteiger partial charge in [0.05, 0.1) is 31.9 Å². The number of benzene rings is 2. The molecule has 0 heterocycles. The van der Waals surface area contributed by atoms with E-state index in [4.69, 9.17) is 11.6 Å². The minimum Gasteiger partial charge on any atom is -0.371 e. The van der Waals surface area contributed by atoms with Crippen LogP contribution < -0.4 is 9.38 Å². The fourth-order valence-corrected chi connectivity index (χ4v) is 2.84. The van der Waals surface area contributed by atoms with E-state index in [2.05, 4.69) is 74.3 Å². The summed E-state index contributed by atoms with van der Waals surface area (Å²) >= 11 is 6.37. The van der Waals surface area contributed by atoms with Gasteiger partial charge in [0, 0.05) is 37.5 Å². The maximum absolute atomic E-state index is 6.37. The smallest absolute Gasteiger partial charge is 0.133 e. The van der Waals surface area contributed by atoms with E-state index < -0.39 is 0 Å². The first kappa shape index (κ1) is 21.4. The molecule has 0 N–H and O–H groups in total. The van der Waals surface area contributed by atoms with E-state index in [1.165, 1.54) is 5.69 Å². The minimum atomic E-state index is 0.613. The Bertz CT molecular complexity index is 763. The van der Waals surface area contributed by atoms with Gasteiger partial charge in [0.25, 0.3) is 0 Å². The number of anilines is 1. The largest absolute Gasteiger partial charge is 0.371 e. The summed E-state index contributed by atoms with van der Waals surface area (Å²) < 4.78 is 0.709. The van der Waals surface area contributed by atoms with Crippen molar-refractivity contribution in [3.05, 3.63) is 47.5 Å². The predicted molar refractivity (Wildman–Crippen MR) is 118 cm³/mol. The molecule has 0 radical (unpaired) electrons. The van der Waals surface area contributed by atoms with Crippen molar-refractivity contribution in [2.24, 2.45) is 10.2 Å². The van der Waals surface area contributed by atoms with Gasteiger partial charge in [-0.05, 0) is 51.4 Å². The molecule has 0 aliphatic heterocycles. The molecule has 0 atom stereocenters. The van der Waals surface area contributed by atoms with E-state index in [0.717, 1.165) is 31.0 Å². The molecule has 0 bridgehead atoms. The van der Waals surface area contributed by atoms with Crippen molar-refractivity contribution in [3.8, 4) is 0 Å². The van der Waals surface area contributed by atoms with Crippen LogP contribution in [-0.2, 0) is 0 Å². The summed E-state index contributed by atoms with van der Waals surface area (Å²) in [5.74, 6) is 0. The van der Waals surface area contributed by atoms with Crippen LogP contribution in [0.2, 0.25) is 5.02 Å². The highest BCUT2D eigenvalue weighted by Gasteiger charge is 2.14. The fourth-order valence-electron chi connectivity index (χ4n) is 2.63. The monoisotopic (exact) mass is 388 g/mol. The molecule has 0 amide bonds. The molecule has 146 valence electrons. The second-order valence-electron chi connectivity index (χ2n) is 7.75. The minimum absolute atomic E-state index is 0.613. The molecule has 2 aromatic carbocycles. The van der Waals surface area contributed by atoms with Crippen LogP contribution in [0.25, 0.3) is 0 Å². The van der Waals surface area contributed by atoms with Crippen molar-refractivity contribution in [2.45, 2.75) is 6.92 Å². The molecule has 6 heteroatoms. The van der Waals surface area contributed by atoms with Gasteiger partial charge in [0.1, 0.15) is 11.4 Å². The fraction of sp³-hybridized carbons (Fsp3) is 0.429. The Labute approximate surface area is 168 Å². The average Bonchev–Trinajstić information content (AvgIpc) is 2.61. The summed E-state index contributed by atoms with van der Waals surface area (Å²) in [5, 5.41) is 9.27. The molecular formula is C21H31ClN5+. The maximum Gasteiger partial charge on any atom is 0.133 e. The standard InChI is InChI=1S/C21H31ClN5/c1-7-26(15-14-25(2)3)18-10-8-17(9-11-18)23-24-21-13-12-19(16-20(21)22)27(4,5)6/h8-13,16H,7,14-15H2,1-6H3/q+1. The highest BCUT2D eigenvalue weighted by Crippen LogP contribution is 2.32. The molecule has 0 spiro atoms. The van der Waals surface area contributed by atoms with Crippen molar-refractivity contribution in [2.75, 3.05) is 59.8 Å². The second-order valence-corrected chi connectivity index (χ2v) is 8.15. The van der Waals surface area contributed by atoms with Crippen molar-refractivity contribution in [1.82, 2.24) is 9.38 Å². The highest BCUT2D eigenvalue weighted by atomic mass is 35.5. The number of rotatable bonds is 8. The van der Waals surface area contributed by atoms with E-state index in [9.17, 15) is 0 Å². The van der Waals surface area contributed by atoms with Crippen molar-refractivity contribution >= 4 is 34.4 Å². The highest BCUT2D eigenvalue weighted by molar-refractivity contribution is 6.33. The van der Waals surface area contributed by atoms with Crippen LogP contribution in [0.3, 0.4) is 0 Å². The topological polar surface area (TPSA) is 31.2 Å². The third-order valence-corrected chi connectivity index (χ3v) is 4.70. The molecule has 0 aliphatic rings. The zero-order chi connectivity index (χ0) is 20.0. The quantitative estimate of drug-likeness (QED) is 0.451. The van der Waals surface area contributed by atoms with E-state index in [1.54, 1.807) is 0 Å². The molecule has 0 saturated heterocycles. The Morgan fingerprint density at radius 2 is 1.59 bits per heavy atom. The summed E-state index contributed by atoms with van der Waals surface area (Å²) in [6.45, 7) is 5.17. The summed E-state index contributed by atoms with van der Waals surface area (Å²) in [4.78, 5) is 4.54. The summed E-state index contributed by atoms with van der Waals surface area (Å²) in [6.07, 6.45) is 0. The number of quaternary nitrogens is 1. The summed E-state index contributed by atoms with van der Waals surface area (Å²) in [7, 11) is 10.5. The third-order valence-electron chi connectivity index (χ3n) is 4.39. The van der Waals surface area contributed by atoms with Gasteiger partial charge in [-0.15, -0.1) is 5.11 Å². The Balaban J connectivity index is 2.09. The van der Waals surface area contributed by atoms with Crippen LogP contribution in [0, 0.1) is 0 Å². The molecule has 0 aromatic heterocycles. The lowest BCUT2D eigenvalue weighted by Gasteiger charge is -2.24. The number of nitrogens with zero attached hydrogens (tertiary/aromatic N) is 5. The molecule has 27 heavy (non-hydrogen) atoms. The molecular weight excluding hydrogens is 358 g/mol. The van der Waals surface area contributed by atoms with E-state index in [-0.39, 0.29) is 0 Å².